The number of amides is 1. The third-order valence-electron chi connectivity index (χ3n) is 1.87. The topological polar surface area (TPSA) is 50.7 Å². The Hall–Kier alpha value is -1.84. The highest BCUT2D eigenvalue weighted by Crippen LogP contribution is 2.12. The number of carbonyl (C=O) groups is 1. The SMILES string of the molecule is COc1cccc(C(C)=NNC(C)=O)c1. The van der Waals surface area contributed by atoms with Crippen LogP contribution in [0.3, 0.4) is 0 Å². The van der Waals surface area contributed by atoms with Crippen LogP contribution in [-0.4, -0.2) is 18.7 Å². The Kier molecular flexibility index (Phi) is 3.85. The van der Waals surface area contributed by atoms with E-state index in [4.69, 9.17) is 4.74 Å². The van der Waals surface area contributed by atoms with Gasteiger partial charge in [0.15, 0.2) is 0 Å². The van der Waals surface area contributed by atoms with Gasteiger partial charge in [-0.2, -0.15) is 5.10 Å². The van der Waals surface area contributed by atoms with Gasteiger partial charge in [0.2, 0.25) is 5.91 Å². The fraction of sp³-hybridized carbons (Fsp3) is 0.273. The molecule has 0 heterocycles. The number of ether oxygens (including phenoxy) is 1. The van der Waals surface area contributed by atoms with Crippen LogP contribution < -0.4 is 10.2 Å². The molecule has 1 N–H and O–H groups in total. The van der Waals surface area contributed by atoms with Crippen LogP contribution in [0.15, 0.2) is 29.4 Å². The lowest BCUT2D eigenvalue weighted by Crippen LogP contribution is -2.14. The number of hydrazone groups is 1. The van der Waals surface area contributed by atoms with Crippen molar-refractivity contribution in [1.82, 2.24) is 5.43 Å². The minimum Gasteiger partial charge on any atom is -0.497 e. The number of benzene rings is 1. The quantitative estimate of drug-likeness (QED) is 0.602. The lowest BCUT2D eigenvalue weighted by Gasteiger charge is -2.03. The first-order valence-electron chi connectivity index (χ1n) is 4.59. The number of carbonyl (C=O) groups excluding carboxylic acids is 1. The molecule has 1 amide bonds. The maximum Gasteiger partial charge on any atom is 0.236 e. The van der Waals surface area contributed by atoms with Gasteiger partial charge in [0, 0.05) is 12.5 Å². The molecule has 1 aromatic rings. The van der Waals surface area contributed by atoms with Crippen LogP contribution in [0.2, 0.25) is 0 Å². The van der Waals surface area contributed by atoms with Gasteiger partial charge in [0.25, 0.3) is 0 Å². The highest BCUT2D eigenvalue weighted by molar-refractivity contribution is 5.99. The second-order valence-electron chi connectivity index (χ2n) is 3.10. The molecule has 0 radical (unpaired) electrons. The summed E-state index contributed by atoms with van der Waals surface area (Å²) in [4.78, 5) is 10.7. The summed E-state index contributed by atoms with van der Waals surface area (Å²) < 4.78 is 5.09. The Labute approximate surface area is 88.9 Å². The zero-order valence-electron chi connectivity index (χ0n) is 9.07. The van der Waals surface area contributed by atoms with E-state index >= 15 is 0 Å². The number of nitrogens with zero attached hydrogens (tertiary/aromatic N) is 1. The van der Waals surface area contributed by atoms with E-state index in [0.717, 1.165) is 17.0 Å². The smallest absolute Gasteiger partial charge is 0.236 e. The minimum atomic E-state index is -0.183. The molecule has 0 unspecified atom stereocenters. The zero-order valence-corrected chi connectivity index (χ0v) is 9.07. The molecule has 0 aliphatic rings. The summed E-state index contributed by atoms with van der Waals surface area (Å²) >= 11 is 0. The molecular formula is C11H14N2O2. The molecule has 0 bridgehead atoms. The van der Waals surface area contributed by atoms with Crippen LogP contribution in [0.1, 0.15) is 19.4 Å². The molecule has 15 heavy (non-hydrogen) atoms. The Morgan fingerprint density at radius 1 is 1.40 bits per heavy atom. The molecule has 0 aromatic heterocycles. The molecule has 0 aliphatic carbocycles. The van der Waals surface area contributed by atoms with Crippen LogP contribution in [-0.2, 0) is 4.79 Å². The van der Waals surface area contributed by atoms with Gasteiger partial charge in [0.05, 0.1) is 12.8 Å². The second kappa shape index (κ2) is 5.14. The molecule has 0 saturated carbocycles. The Morgan fingerprint density at radius 3 is 2.73 bits per heavy atom. The van der Waals surface area contributed by atoms with Gasteiger partial charge in [-0.1, -0.05) is 12.1 Å². The molecule has 1 rings (SSSR count). The second-order valence-corrected chi connectivity index (χ2v) is 3.10. The third-order valence-corrected chi connectivity index (χ3v) is 1.87. The molecule has 4 nitrogen and oxygen atoms in total. The van der Waals surface area contributed by atoms with Gasteiger partial charge in [-0.15, -0.1) is 0 Å². The number of methoxy groups -OCH3 is 1. The van der Waals surface area contributed by atoms with Gasteiger partial charge < -0.3 is 4.74 Å². The van der Waals surface area contributed by atoms with Crippen molar-refractivity contribution in [3.05, 3.63) is 29.8 Å². The molecule has 0 saturated heterocycles. The van der Waals surface area contributed by atoms with Crippen LogP contribution in [0.4, 0.5) is 0 Å². The van der Waals surface area contributed by atoms with E-state index in [1.807, 2.05) is 31.2 Å². The molecule has 0 spiro atoms. The van der Waals surface area contributed by atoms with Crippen LogP contribution in [0.5, 0.6) is 5.75 Å². The number of hydrogen-bond acceptors (Lipinski definition) is 3. The van der Waals surface area contributed by atoms with E-state index in [0.29, 0.717) is 0 Å². The summed E-state index contributed by atoms with van der Waals surface area (Å²) in [5, 5.41) is 3.93. The van der Waals surface area contributed by atoms with Gasteiger partial charge >= 0.3 is 0 Å². The van der Waals surface area contributed by atoms with Gasteiger partial charge in [-0.05, 0) is 19.1 Å². The summed E-state index contributed by atoms with van der Waals surface area (Å²) in [7, 11) is 1.61. The fourth-order valence-corrected chi connectivity index (χ4v) is 1.08. The van der Waals surface area contributed by atoms with Crippen molar-refractivity contribution in [1.29, 1.82) is 0 Å². The van der Waals surface area contributed by atoms with Crippen LogP contribution >= 0.6 is 0 Å². The summed E-state index contributed by atoms with van der Waals surface area (Å²) in [5.74, 6) is 0.585. The largest absolute Gasteiger partial charge is 0.497 e. The fourth-order valence-electron chi connectivity index (χ4n) is 1.08. The lowest BCUT2D eigenvalue weighted by molar-refractivity contribution is -0.118. The van der Waals surface area contributed by atoms with Gasteiger partial charge in [-0.25, -0.2) is 5.43 Å². The maximum absolute atomic E-state index is 10.7. The summed E-state index contributed by atoms with van der Waals surface area (Å²) in [6.45, 7) is 3.24. The van der Waals surface area contributed by atoms with Crippen molar-refractivity contribution in [3.63, 3.8) is 0 Å². The molecule has 80 valence electrons. The van der Waals surface area contributed by atoms with E-state index in [1.54, 1.807) is 7.11 Å². The van der Waals surface area contributed by atoms with E-state index in [9.17, 15) is 4.79 Å². The summed E-state index contributed by atoms with van der Waals surface area (Å²) in [6.07, 6.45) is 0. The first-order valence-corrected chi connectivity index (χ1v) is 4.59. The third kappa shape index (κ3) is 3.42. The van der Waals surface area contributed by atoms with E-state index in [2.05, 4.69) is 10.5 Å². The van der Waals surface area contributed by atoms with Crippen molar-refractivity contribution >= 4 is 11.6 Å². The lowest BCUT2D eigenvalue weighted by atomic mass is 10.1. The number of hydrogen-bond donors (Lipinski definition) is 1. The average Bonchev–Trinajstić information content (AvgIpc) is 2.26. The van der Waals surface area contributed by atoms with Crippen molar-refractivity contribution in [2.24, 2.45) is 5.10 Å². The maximum atomic E-state index is 10.7. The van der Waals surface area contributed by atoms with E-state index in [1.165, 1.54) is 6.92 Å². The standard InChI is InChI=1S/C11H14N2O2/c1-8(12-13-9(2)14)10-5-4-6-11(7-10)15-3/h4-7H,1-3H3,(H,13,14). The van der Waals surface area contributed by atoms with Crippen molar-refractivity contribution in [2.75, 3.05) is 7.11 Å². The van der Waals surface area contributed by atoms with E-state index in [-0.39, 0.29) is 5.91 Å². The first-order chi connectivity index (χ1) is 7.13. The van der Waals surface area contributed by atoms with Crippen LogP contribution in [0, 0.1) is 0 Å². The molecule has 1 aromatic carbocycles. The molecular weight excluding hydrogens is 192 g/mol. The predicted octanol–water partition coefficient (Wildman–Crippen LogP) is 1.56. The minimum absolute atomic E-state index is 0.183. The van der Waals surface area contributed by atoms with Gasteiger partial charge in [-0.3, -0.25) is 4.79 Å². The molecule has 4 heteroatoms. The van der Waals surface area contributed by atoms with E-state index < -0.39 is 0 Å². The first kappa shape index (κ1) is 11.2. The Balaban J connectivity index is 2.85. The number of nitrogens with one attached hydrogen (secondary N) is 1. The van der Waals surface area contributed by atoms with Gasteiger partial charge in [0.1, 0.15) is 5.75 Å². The predicted molar refractivity (Wildman–Crippen MR) is 59.0 cm³/mol. The average molecular weight is 206 g/mol. The monoisotopic (exact) mass is 206 g/mol. The molecule has 0 fully saturated rings. The zero-order chi connectivity index (χ0) is 11.3. The highest BCUT2D eigenvalue weighted by atomic mass is 16.5. The summed E-state index contributed by atoms with van der Waals surface area (Å²) in [6, 6.07) is 7.50. The van der Waals surface area contributed by atoms with Crippen molar-refractivity contribution < 1.29 is 9.53 Å². The van der Waals surface area contributed by atoms with Crippen LogP contribution in [0.25, 0.3) is 0 Å². The molecule has 0 aliphatic heterocycles. The Bertz CT molecular complexity index is 386. The highest BCUT2D eigenvalue weighted by Gasteiger charge is 1.99. The molecule has 0 atom stereocenters. The summed E-state index contributed by atoms with van der Waals surface area (Å²) in [5.41, 5.74) is 4.05. The van der Waals surface area contributed by atoms with Crippen molar-refractivity contribution in [2.45, 2.75) is 13.8 Å². The van der Waals surface area contributed by atoms with Crippen molar-refractivity contribution in [3.8, 4) is 5.75 Å². The Morgan fingerprint density at radius 2 is 2.13 bits per heavy atom. The normalized spacial score (nSPS) is 11.0. The number of rotatable bonds is 3.